The molecule has 44 heavy (non-hydrogen) atoms. The first-order valence-electron chi connectivity index (χ1n) is 14.7. The highest BCUT2D eigenvalue weighted by Gasteiger charge is 2.55. The van der Waals surface area contributed by atoms with Gasteiger partial charge < -0.3 is 25.4 Å². The zero-order valence-electron chi connectivity index (χ0n) is 24.7. The lowest BCUT2D eigenvalue weighted by Gasteiger charge is -2.36. The zero-order valence-corrected chi connectivity index (χ0v) is 26.3. The number of nitrogens with one attached hydrogen (secondary N) is 1. The molecule has 0 aromatic heterocycles. The van der Waals surface area contributed by atoms with Crippen LogP contribution in [-0.2, 0) is 14.3 Å². The van der Waals surface area contributed by atoms with Gasteiger partial charge in [0.05, 0.1) is 36.8 Å². The maximum absolute atomic E-state index is 13.9. The highest BCUT2D eigenvalue weighted by Crippen LogP contribution is 2.47. The van der Waals surface area contributed by atoms with Gasteiger partial charge in [0.2, 0.25) is 11.8 Å². The molecule has 3 aromatic carbocycles. The third kappa shape index (κ3) is 6.66. The molecule has 1 aliphatic heterocycles. The number of phenols is 1. The lowest BCUT2D eigenvalue weighted by Crippen LogP contribution is -2.39. The Kier molecular flexibility index (Phi) is 10.0. The topological polar surface area (TPSA) is 119 Å². The number of para-hydroxylation sites is 1. The summed E-state index contributed by atoms with van der Waals surface area (Å²) < 4.78 is 6.30. The standard InChI is InChI=1S/C35H37BrN2O6/c1-21(16-22-17-24(36)9-15-30(22)40)8-14-31(41)32-23(20-44-2)18-28-33(29(32)19-39)35(43)38(34(28)42)27-12-10-26(11-13-27)37-25-6-4-3-5-7-25/h3-7,9-13,15-17,28-29,31,33,37,39-41H,8,14,18-20H2,1-2H3/b21-16+/t28-,29+,31-,33-/m1/s1. The van der Waals surface area contributed by atoms with E-state index in [1.165, 1.54) is 4.90 Å². The molecule has 0 unspecified atom stereocenters. The zero-order chi connectivity index (χ0) is 31.4. The second-order valence-corrected chi connectivity index (χ2v) is 12.3. The summed E-state index contributed by atoms with van der Waals surface area (Å²) >= 11 is 3.42. The van der Waals surface area contributed by atoms with Crippen LogP contribution in [0.5, 0.6) is 5.75 Å². The van der Waals surface area contributed by atoms with E-state index in [1.807, 2.05) is 61.5 Å². The number of hydrogen-bond acceptors (Lipinski definition) is 7. The van der Waals surface area contributed by atoms with Crippen molar-refractivity contribution in [2.45, 2.75) is 32.3 Å². The summed E-state index contributed by atoms with van der Waals surface area (Å²) in [6.45, 7) is 1.73. The second-order valence-electron chi connectivity index (χ2n) is 11.4. The van der Waals surface area contributed by atoms with Gasteiger partial charge in [0, 0.05) is 34.4 Å². The molecule has 230 valence electrons. The fourth-order valence-corrected chi connectivity index (χ4v) is 6.78. The largest absolute Gasteiger partial charge is 0.507 e. The molecule has 9 heteroatoms. The van der Waals surface area contributed by atoms with E-state index < -0.39 is 23.9 Å². The van der Waals surface area contributed by atoms with Gasteiger partial charge in [-0.25, -0.2) is 0 Å². The average Bonchev–Trinajstić information content (AvgIpc) is 3.27. The fraction of sp³-hybridized carbons (Fsp3) is 0.314. The molecule has 0 spiro atoms. The Hall–Kier alpha value is -3.76. The number of carbonyl (C=O) groups excluding carboxylic acids is 2. The van der Waals surface area contributed by atoms with E-state index in [0.29, 0.717) is 29.7 Å². The van der Waals surface area contributed by atoms with Crippen molar-refractivity contribution in [3.8, 4) is 5.75 Å². The van der Waals surface area contributed by atoms with Crippen molar-refractivity contribution in [2.24, 2.45) is 17.8 Å². The average molecular weight is 662 g/mol. The predicted molar refractivity (Wildman–Crippen MR) is 174 cm³/mol. The number of allylic oxidation sites excluding steroid dienone is 1. The number of benzene rings is 3. The molecule has 0 radical (unpaired) electrons. The van der Waals surface area contributed by atoms with Gasteiger partial charge in [-0.05, 0) is 91.9 Å². The Morgan fingerprint density at radius 3 is 2.45 bits per heavy atom. The van der Waals surface area contributed by atoms with E-state index >= 15 is 0 Å². The van der Waals surface area contributed by atoms with Crippen LogP contribution in [0.1, 0.15) is 31.7 Å². The van der Waals surface area contributed by atoms with Crippen LogP contribution in [0.3, 0.4) is 0 Å². The number of nitrogens with zero attached hydrogens (tertiary/aromatic N) is 1. The first-order chi connectivity index (χ1) is 21.2. The summed E-state index contributed by atoms with van der Waals surface area (Å²) in [6.07, 6.45) is 2.06. The molecular formula is C35H37BrN2O6. The summed E-state index contributed by atoms with van der Waals surface area (Å²) in [4.78, 5) is 28.8. The van der Waals surface area contributed by atoms with Crippen LogP contribution in [-0.4, -0.2) is 53.6 Å². The summed E-state index contributed by atoms with van der Waals surface area (Å²) in [6, 6.07) is 22.0. The van der Waals surface area contributed by atoms with Gasteiger partial charge in [-0.3, -0.25) is 14.5 Å². The number of imide groups is 1. The number of halogens is 1. The molecule has 2 aliphatic rings. The van der Waals surface area contributed by atoms with Crippen molar-refractivity contribution in [3.05, 3.63) is 99.6 Å². The monoisotopic (exact) mass is 660 g/mol. The van der Waals surface area contributed by atoms with Crippen LogP contribution in [0, 0.1) is 17.8 Å². The first-order valence-corrected chi connectivity index (χ1v) is 15.5. The van der Waals surface area contributed by atoms with Gasteiger partial charge in [-0.15, -0.1) is 0 Å². The van der Waals surface area contributed by atoms with E-state index in [0.717, 1.165) is 27.0 Å². The maximum Gasteiger partial charge on any atom is 0.238 e. The Labute approximate surface area is 265 Å². The van der Waals surface area contributed by atoms with Crippen LogP contribution in [0.15, 0.2) is 94.0 Å². The van der Waals surface area contributed by atoms with Gasteiger partial charge in [-0.2, -0.15) is 0 Å². The lowest BCUT2D eigenvalue weighted by atomic mass is 9.68. The molecule has 1 heterocycles. The van der Waals surface area contributed by atoms with Crippen molar-refractivity contribution in [1.29, 1.82) is 0 Å². The smallest absolute Gasteiger partial charge is 0.238 e. The van der Waals surface area contributed by atoms with Crippen LogP contribution in [0.25, 0.3) is 6.08 Å². The number of fused-ring (bicyclic) bond motifs is 1. The number of anilines is 3. The Morgan fingerprint density at radius 1 is 1.07 bits per heavy atom. The molecule has 4 N–H and O–H groups in total. The Bertz CT molecular complexity index is 1570. The molecule has 1 aliphatic carbocycles. The van der Waals surface area contributed by atoms with Crippen LogP contribution < -0.4 is 10.2 Å². The number of amides is 2. The minimum absolute atomic E-state index is 0.160. The Morgan fingerprint density at radius 2 is 1.77 bits per heavy atom. The number of ether oxygens (including phenoxy) is 1. The van der Waals surface area contributed by atoms with Gasteiger partial charge in [0.1, 0.15) is 5.75 Å². The van der Waals surface area contributed by atoms with Gasteiger partial charge in [-0.1, -0.05) is 45.8 Å². The number of carbonyl (C=O) groups is 2. The molecule has 4 atom stereocenters. The third-order valence-electron chi connectivity index (χ3n) is 8.45. The summed E-state index contributed by atoms with van der Waals surface area (Å²) in [7, 11) is 1.55. The highest BCUT2D eigenvalue weighted by molar-refractivity contribution is 9.10. The maximum atomic E-state index is 13.9. The molecule has 3 aromatic rings. The van der Waals surface area contributed by atoms with E-state index in [1.54, 1.807) is 31.4 Å². The van der Waals surface area contributed by atoms with Gasteiger partial charge >= 0.3 is 0 Å². The van der Waals surface area contributed by atoms with Crippen molar-refractivity contribution in [3.63, 3.8) is 0 Å². The molecule has 1 saturated heterocycles. The quantitative estimate of drug-likeness (QED) is 0.143. The number of aliphatic hydroxyl groups excluding tert-OH is 2. The van der Waals surface area contributed by atoms with E-state index in [-0.39, 0.29) is 37.2 Å². The van der Waals surface area contributed by atoms with Crippen molar-refractivity contribution in [1.82, 2.24) is 0 Å². The minimum atomic E-state index is -0.946. The molecule has 0 bridgehead atoms. The highest BCUT2D eigenvalue weighted by atomic mass is 79.9. The van der Waals surface area contributed by atoms with Crippen molar-refractivity contribution >= 4 is 50.9 Å². The summed E-state index contributed by atoms with van der Waals surface area (Å²) in [5.41, 5.74) is 5.15. The SMILES string of the molecule is COCC1=C([C@H](O)CC/C(C)=C/c2cc(Br)ccc2O)[C@H](CO)[C@@H]2C(=O)N(c3ccc(Nc4ccccc4)cc3)C(=O)[C@@H]2C1. The number of aliphatic hydroxyl groups is 2. The summed E-state index contributed by atoms with van der Waals surface area (Å²) in [5.74, 6) is -2.66. The van der Waals surface area contributed by atoms with Gasteiger partial charge in [0.25, 0.3) is 0 Å². The van der Waals surface area contributed by atoms with E-state index in [4.69, 9.17) is 4.74 Å². The van der Waals surface area contributed by atoms with E-state index in [9.17, 15) is 24.9 Å². The number of phenolic OH excluding ortho intramolecular Hbond substituents is 1. The molecule has 2 amide bonds. The number of hydrogen-bond donors (Lipinski definition) is 4. The predicted octanol–water partition coefficient (Wildman–Crippen LogP) is 6.20. The molecule has 0 saturated carbocycles. The van der Waals surface area contributed by atoms with Crippen molar-refractivity contribution in [2.75, 3.05) is 30.5 Å². The molecule has 1 fully saturated rings. The normalized spacial score (nSPS) is 21.1. The van der Waals surface area contributed by atoms with E-state index in [2.05, 4.69) is 21.2 Å². The van der Waals surface area contributed by atoms with Crippen LogP contribution in [0.4, 0.5) is 17.1 Å². The fourth-order valence-electron chi connectivity index (χ4n) is 6.40. The lowest BCUT2D eigenvalue weighted by molar-refractivity contribution is -0.123. The second kappa shape index (κ2) is 13.9. The van der Waals surface area contributed by atoms with Gasteiger partial charge in [0.15, 0.2) is 0 Å². The molecule has 5 rings (SSSR count). The number of rotatable bonds is 11. The number of aromatic hydroxyl groups is 1. The minimum Gasteiger partial charge on any atom is -0.507 e. The third-order valence-corrected chi connectivity index (χ3v) is 8.94. The van der Waals surface area contributed by atoms with Crippen LogP contribution >= 0.6 is 15.9 Å². The Balaban J connectivity index is 1.35. The van der Waals surface area contributed by atoms with Crippen LogP contribution in [0.2, 0.25) is 0 Å². The summed E-state index contributed by atoms with van der Waals surface area (Å²) in [5, 5.41) is 35.6. The molecular weight excluding hydrogens is 624 g/mol. The molecule has 8 nitrogen and oxygen atoms in total. The first kappa shape index (κ1) is 31.7. The van der Waals surface area contributed by atoms with Crippen molar-refractivity contribution < 1.29 is 29.6 Å². The number of methoxy groups -OCH3 is 1.